The summed E-state index contributed by atoms with van der Waals surface area (Å²) in [5.74, 6) is 2.77. The van der Waals surface area contributed by atoms with Crippen LogP contribution in [0.4, 0.5) is 0 Å². The highest BCUT2D eigenvalue weighted by atomic mass is 79.9. The highest BCUT2D eigenvalue weighted by Gasteiger charge is 2.64. The fourth-order valence-corrected chi connectivity index (χ4v) is 4.71. The van der Waals surface area contributed by atoms with Crippen LogP contribution in [-0.2, 0) is 0 Å². The molecule has 0 amide bonds. The van der Waals surface area contributed by atoms with Crippen molar-refractivity contribution in [2.45, 2.75) is 29.4 Å². The molecule has 2 saturated carbocycles. The fraction of sp³-hybridized carbons (Fsp3) is 1.00. The van der Waals surface area contributed by atoms with Crippen molar-refractivity contribution in [1.82, 2.24) is 0 Å². The lowest BCUT2D eigenvalue weighted by atomic mass is 9.91. The van der Waals surface area contributed by atoms with Gasteiger partial charge >= 0.3 is 0 Å². The molecule has 2 fully saturated rings. The summed E-state index contributed by atoms with van der Waals surface area (Å²) in [5, 5.41) is 0. The van der Waals surface area contributed by atoms with Gasteiger partial charge in [0.1, 0.15) is 0 Å². The maximum absolute atomic E-state index is 3.74. The van der Waals surface area contributed by atoms with E-state index in [4.69, 9.17) is 0 Å². The van der Waals surface area contributed by atoms with Crippen LogP contribution >= 0.6 is 31.9 Å². The van der Waals surface area contributed by atoms with Crippen molar-refractivity contribution in [3.8, 4) is 0 Å². The molecule has 0 radical (unpaired) electrons. The average Bonchev–Trinajstić information content (AvgIpc) is 2.38. The topological polar surface area (TPSA) is 0 Å². The van der Waals surface area contributed by atoms with Crippen molar-refractivity contribution in [2.75, 3.05) is 0 Å². The van der Waals surface area contributed by atoms with E-state index in [9.17, 15) is 0 Å². The summed E-state index contributed by atoms with van der Waals surface area (Å²) in [6.07, 6.45) is 4.28. The van der Waals surface area contributed by atoms with E-state index in [1.807, 2.05) is 0 Å². The monoisotopic (exact) mass is 266 g/mol. The van der Waals surface area contributed by atoms with Gasteiger partial charge in [0.2, 0.25) is 0 Å². The summed E-state index contributed by atoms with van der Waals surface area (Å²) in [6.45, 7) is 2.38. The van der Waals surface area contributed by atoms with Crippen LogP contribution in [0.5, 0.6) is 0 Å². The first-order valence-corrected chi connectivity index (χ1v) is 5.60. The molecule has 0 aromatic carbocycles. The van der Waals surface area contributed by atoms with Gasteiger partial charge in [0.25, 0.3) is 0 Å². The van der Waals surface area contributed by atoms with Crippen LogP contribution in [0.1, 0.15) is 26.2 Å². The standard InChI is InChI=1S/C8H12Br2/c1-5-3-2-4-6-7(5)8(6,9)10/h5-7H,2-4H2,1H3/t5-,6+,7-/m1/s1. The molecular weight excluding hydrogens is 256 g/mol. The van der Waals surface area contributed by atoms with Crippen molar-refractivity contribution in [1.29, 1.82) is 0 Å². The molecule has 0 nitrogen and oxygen atoms in total. The van der Waals surface area contributed by atoms with Crippen LogP contribution < -0.4 is 0 Å². The lowest BCUT2D eigenvalue weighted by Crippen LogP contribution is -2.05. The van der Waals surface area contributed by atoms with Crippen molar-refractivity contribution in [2.24, 2.45) is 17.8 Å². The molecule has 0 aromatic heterocycles. The van der Waals surface area contributed by atoms with E-state index in [1.54, 1.807) is 0 Å². The normalized spacial score (nSPS) is 50.1. The zero-order valence-corrected chi connectivity index (χ0v) is 9.28. The summed E-state index contributed by atoms with van der Waals surface area (Å²) in [6, 6.07) is 0. The summed E-state index contributed by atoms with van der Waals surface area (Å²) < 4.78 is 0.343. The zero-order chi connectivity index (χ0) is 7.35. The Morgan fingerprint density at radius 2 is 2.00 bits per heavy atom. The van der Waals surface area contributed by atoms with Crippen molar-refractivity contribution < 1.29 is 0 Å². The minimum Gasteiger partial charge on any atom is -0.0721 e. The molecule has 0 saturated heterocycles. The Balaban J connectivity index is 2.11. The molecule has 2 aliphatic carbocycles. The molecule has 3 atom stereocenters. The third-order valence-electron chi connectivity index (χ3n) is 3.05. The molecule has 0 spiro atoms. The Kier molecular flexibility index (Phi) is 1.69. The number of halogens is 2. The van der Waals surface area contributed by atoms with Gasteiger partial charge < -0.3 is 0 Å². The second-order valence-corrected chi connectivity index (χ2v) is 7.40. The quantitative estimate of drug-likeness (QED) is 0.589. The molecule has 0 heterocycles. The van der Waals surface area contributed by atoms with E-state index in [0.717, 1.165) is 17.8 Å². The summed E-state index contributed by atoms with van der Waals surface area (Å²) in [4.78, 5) is 0. The molecule has 2 rings (SSSR count). The summed E-state index contributed by atoms with van der Waals surface area (Å²) >= 11 is 7.47. The lowest BCUT2D eigenvalue weighted by Gasteiger charge is -2.14. The van der Waals surface area contributed by atoms with Crippen LogP contribution in [-0.4, -0.2) is 3.23 Å². The van der Waals surface area contributed by atoms with E-state index in [2.05, 4.69) is 38.8 Å². The highest BCUT2D eigenvalue weighted by Crippen LogP contribution is 2.69. The third kappa shape index (κ3) is 0.911. The van der Waals surface area contributed by atoms with E-state index in [0.29, 0.717) is 3.23 Å². The molecular formula is C8H12Br2. The second kappa shape index (κ2) is 2.22. The van der Waals surface area contributed by atoms with E-state index in [1.165, 1.54) is 19.3 Å². The number of hydrogen-bond acceptors (Lipinski definition) is 0. The fourth-order valence-electron chi connectivity index (χ4n) is 2.40. The van der Waals surface area contributed by atoms with Gasteiger partial charge in [-0.25, -0.2) is 0 Å². The first-order valence-electron chi connectivity index (χ1n) is 4.02. The Morgan fingerprint density at radius 3 is 2.50 bits per heavy atom. The molecule has 0 aromatic rings. The molecule has 0 aliphatic heterocycles. The molecule has 0 bridgehead atoms. The second-order valence-electron chi connectivity index (χ2n) is 3.71. The molecule has 0 N–H and O–H groups in total. The zero-order valence-electron chi connectivity index (χ0n) is 6.11. The highest BCUT2D eigenvalue weighted by molar-refractivity contribution is 9.25. The van der Waals surface area contributed by atoms with E-state index < -0.39 is 0 Å². The minimum atomic E-state index is 0.343. The van der Waals surface area contributed by atoms with Crippen LogP contribution in [0, 0.1) is 17.8 Å². The molecule has 58 valence electrons. The summed E-state index contributed by atoms with van der Waals surface area (Å²) in [5.41, 5.74) is 0. The first-order chi connectivity index (χ1) is 4.64. The van der Waals surface area contributed by atoms with E-state index >= 15 is 0 Å². The molecule has 2 heteroatoms. The van der Waals surface area contributed by atoms with Gasteiger partial charge in [-0.05, 0) is 24.2 Å². The number of hydrogen-bond donors (Lipinski definition) is 0. The van der Waals surface area contributed by atoms with Gasteiger partial charge in [0.15, 0.2) is 0 Å². The molecule has 10 heavy (non-hydrogen) atoms. The predicted molar refractivity (Wildman–Crippen MR) is 50.6 cm³/mol. The number of alkyl halides is 2. The van der Waals surface area contributed by atoms with Crippen LogP contribution in [0.15, 0.2) is 0 Å². The Hall–Kier alpha value is 0.960. The van der Waals surface area contributed by atoms with Crippen molar-refractivity contribution in [3.05, 3.63) is 0 Å². The van der Waals surface area contributed by atoms with Crippen molar-refractivity contribution in [3.63, 3.8) is 0 Å². The Morgan fingerprint density at radius 1 is 1.30 bits per heavy atom. The van der Waals surface area contributed by atoms with Gasteiger partial charge in [-0.1, -0.05) is 51.6 Å². The Bertz CT molecular complexity index is 153. The number of rotatable bonds is 0. The van der Waals surface area contributed by atoms with E-state index in [-0.39, 0.29) is 0 Å². The lowest BCUT2D eigenvalue weighted by molar-refractivity contribution is 0.362. The van der Waals surface area contributed by atoms with Crippen LogP contribution in [0.3, 0.4) is 0 Å². The minimum absolute atomic E-state index is 0.343. The van der Waals surface area contributed by atoms with Crippen molar-refractivity contribution >= 4 is 31.9 Å². The van der Waals surface area contributed by atoms with Gasteiger partial charge in [-0.15, -0.1) is 0 Å². The first kappa shape index (κ1) is 7.60. The summed E-state index contributed by atoms with van der Waals surface area (Å²) in [7, 11) is 0. The average molecular weight is 268 g/mol. The van der Waals surface area contributed by atoms with Gasteiger partial charge in [-0.3, -0.25) is 0 Å². The SMILES string of the molecule is C[C@@H]1CCC[C@H]2[C@@H]1C2(Br)Br. The predicted octanol–water partition coefficient (Wildman–Crippen LogP) is 3.54. The van der Waals surface area contributed by atoms with Gasteiger partial charge in [-0.2, -0.15) is 0 Å². The number of fused-ring (bicyclic) bond motifs is 1. The smallest absolute Gasteiger partial charge is 0.0721 e. The maximum atomic E-state index is 3.74. The molecule has 2 aliphatic rings. The Labute approximate surface area is 79.0 Å². The maximum Gasteiger partial charge on any atom is 0.0871 e. The van der Waals surface area contributed by atoms with Gasteiger partial charge in [0, 0.05) is 0 Å². The van der Waals surface area contributed by atoms with Crippen LogP contribution in [0.2, 0.25) is 0 Å². The largest absolute Gasteiger partial charge is 0.0871 e. The third-order valence-corrected chi connectivity index (χ3v) is 5.28. The van der Waals surface area contributed by atoms with Gasteiger partial charge in [0.05, 0.1) is 3.23 Å². The molecule has 0 unspecified atom stereocenters. The van der Waals surface area contributed by atoms with Crippen LogP contribution in [0.25, 0.3) is 0 Å².